The van der Waals surface area contributed by atoms with Crippen molar-refractivity contribution in [3.63, 3.8) is 0 Å². The number of aliphatic hydroxyl groups excluding tert-OH is 1. The quantitative estimate of drug-likeness (QED) is 0.791. The molecule has 0 amide bonds. The van der Waals surface area contributed by atoms with Gasteiger partial charge < -0.3 is 9.84 Å². The van der Waals surface area contributed by atoms with E-state index in [1.165, 1.54) is 18.4 Å². The summed E-state index contributed by atoms with van der Waals surface area (Å²) < 4.78 is 5.64. The fraction of sp³-hybridized carbons (Fsp3) is 0.467. The highest BCUT2D eigenvalue weighted by Crippen LogP contribution is 2.38. The van der Waals surface area contributed by atoms with Gasteiger partial charge in [-0.1, -0.05) is 24.3 Å². The molecule has 2 atom stereocenters. The van der Waals surface area contributed by atoms with Gasteiger partial charge >= 0.3 is 0 Å². The summed E-state index contributed by atoms with van der Waals surface area (Å²) in [4.78, 5) is 0. The summed E-state index contributed by atoms with van der Waals surface area (Å²) in [5, 5.41) is 10.5. The van der Waals surface area contributed by atoms with Crippen LogP contribution in [0.4, 0.5) is 0 Å². The van der Waals surface area contributed by atoms with Crippen LogP contribution in [0.3, 0.4) is 0 Å². The summed E-state index contributed by atoms with van der Waals surface area (Å²) in [6.07, 6.45) is 6.47. The lowest BCUT2D eigenvalue weighted by molar-refractivity contribution is 0.154. The Morgan fingerprint density at radius 3 is 2.94 bits per heavy atom. The van der Waals surface area contributed by atoms with E-state index in [0.29, 0.717) is 6.61 Å². The van der Waals surface area contributed by atoms with Gasteiger partial charge in [0.25, 0.3) is 0 Å². The Kier molecular flexibility index (Phi) is 2.89. The SMILES string of the molecule is OC(C1=CCCCC1)C1COc2ccccc21. The fourth-order valence-electron chi connectivity index (χ4n) is 2.84. The normalized spacial score (nSPS) is 24.8. The minimum absolute atomic E-state index is 0.121. The Balaban J connectivity index is 1.84. The third-order valence-electron chi connectivity index (χ3n) is 3.82. The number of hydrogen-bond acceptors (Lipinski definition) is 2. The first-order chi connectivity index (χ1) is 8.36. The summed E-state index contributed by atoms with van der Waals surface area (Å²) in [6.45, 7) is 0.609. The lowest BCUT2D eigenvalue weighted by Gasteiger charge is -2.23. The van der Waals surface area contributed by atoms with Crippen LogP contribution in [0.5, 0.6) is 5.75 Å². The average Bonchev–Trinajstić information content (AvgIpc) is 2.83. The molecule has 1 aromatic carbocycles. The van der Waals surface area contributed by atoms with Crippen molar-refractivity contribution < 1.29 is 9.84 Å². The molecule has 2 nitrogen and oxygen atoms in total. The Labute approximate surface area is 102 Å². The third kappa shape index (κ3) is 1.98. The van der Waals surface area contributed by atoms with E-state index in [9.17, 15) is 5.11 Å². The molecule has 1 N–H and O–H groups in total. The van der Waals surface area contributed by atoms with E-state index in [4.69, 9.17) is 4.74 Å². The van der Waals surface area contributed by atoms with E-state index >= 15 is 0 Å². The molecule has 0 fully saturated rings. The summed E-state index contributed by atoms with van der Waals surface area (Å²) in [5.74, 6) is 1.06. The van der Waals surface area contributed by atoms with Gasteiger partial charge in [0.2, 0.25) is 0 Å². The van der Waals surface area contributed by atoms with Crippen molar-refractivity contribution >= 4 is 0 Å². The Bertz CT molecular complexity index is 436. The van der Waals surface area contributed by atoms with Gasteiger partial charge in [0.05, 0.1) is 18.6 Å². The van der Waals surface area contributed by atoms with Crippen LogP contribution in [-0.2, 0) is 0 Å². The van der Waals surface area contributed by atoms with E-state index in [1.807, 2.05) is 18.2 Å². The van der Waals surface area contributed by atoms with Gasteiger partial charge in [-0.15, -0.1) is 0 Å². The van der Waals surface area contributed by atoms with Crippen molar-refractivity contribution in [2.24, 2.45) is 0 Å². The molecule has 0 bridgehead atoms. The van der Waals surface area contributed by atoms with E-state index < -0.39 is 0 Å². The van der Waals surface area contributed by atoms with Gasteiger partial charge in [-0.25, -0.2) is 0 Å². The molecule has 0 radical (unpaired) electrons. The Morgan fingerprint density at radius 1 is 1.24 bits per heavy atom. The maximum atomic E-state index is 10.5. The molecule has 1 aliphatic carbocycles. The molecular weight excluding hydrogens is 212 g/mol. The molecule has 1 heterocycles. The van der Waals surface area contributed by atoms with E-state index in [0.717, 1.165) is 24.2 Å². The van der Waals surface area contributed by atoms with Gasteiger partial charge in [0.15, 0.2) is 0 Å². The maximum absolute atomic E-state index is 10.5. The fourth-order valence-corrected chi connectivity index (χ4v) is 2.84. The van der Waals surface area contributed by atoms with E-state index in [-0.39, 0.29) is 12.0 Å². The van der Waals surface area contributed by atoms with Gasteiger partial charge in [-0.2, -0.15) is 0 Å². The predicted octanol–water partition coefficient (Wildman–Crippen LogP) is 3.02. The number of rotatable bonds is 2. The smallest absolute Gasteiger partial charge is 0.123 e. The molecule has 17 heavy (non-hydrogen) atoms. The highest BCUT2D eigenvalue weighted by atomic mass is 16.5. The minimum atomic E-state index is -0.362. The number of allylic oxidation sites excluding steroid dienone is 1. The second kappa shape index (κ2) is 4.53. The van der Waals surface area contributed by atoms with Crippen molar-refractivity contribution in [2.45, 2.75) is 37.7 Å². The van der Waals surface area contributed by atoms with Crippen LogP contribution in [0.25, 0.3) is 0 Å². The Morgan fingerprint density at radius 2 is 2.12 bits per heavy atom. The summed E-state index contributed by atoms with van der Waals surface area (Å²) in [6, 6.07) is 8.05. The maximum Gasteiger partial charge on any atom is 0.123 e. The molecule has 3 rings (SSSR count). The van der Waals surface area contributed by atoms with Crippen LogP contribution in [0.15, 0.2) is 35.9 Å². The lowest BCUT2D eigenvalue weighted by atomic mass is 9.86. The number of aliphatic hydroxyl groups is 1. The standard InChI is InChI=1S/C15H18O2/c16-15(11-6-2-1-3-7-11)13-10-17-14-9-5-4-8-12(13)14/h4-6,8-9,13,15-16H,1-3,7,10H2. The number of fused-ring (bicyclic) bond motifs is 1. The molecular formula is C15H18O2. The van der Waals surface area contributed by atoms with Crippen LogP contribution >= 0.6 is 0 Å². The van der Waals surface area contributed by atoms with Crippen LogP contribution in [-0.4, -0.2) is 17.8 Å². The number of ether oxygens (including phenoxy) is 1. The molecule has 0 saturated carbocycles. The van der Waals surface area contributed by atoms with Crippen molar-refractivity contribution in [1.29, 1.82) is 0 Å². The summed E-state index contributed by atoms with van der Waals surface area (Å²) in [7, 11) is 0. The van der Waals surface area contributed by atoms with E-state index in [1.54, 1.807) is 0 Å². The number of benzene rings is 1. The lowest BCUT2D eigenvalue weighted by Crippen LogP contribution is -2.23. The van der Waals surface area contributed by atoms with E-state index in [2.05, 4.69) is 12.1 Å². The molecule has 2 aliphatic rings. The first kappa shape index (κ1) is 10.8. The first-order valence-electron chi connectivity index (χ1n) is 6.45. The molecule has 1 aliphatic heterocycles. The predicted molar refractivity (Wildman–Crippen MR) is 67.2 cm³/mol. The van der Waals surface area contributed by atoms with Crippen molar-refractivity contribution in [2.75, 3.05) is 6.61 Å². The van der Waals surface area contributed by atoms with Crippen molar-refractivity contribution in [3.8, 4) is 5.75 Å². The summed E-state index contributed by atoms with van der Waals surface area (Å²) in [5.41, 5.74) is 2.37. The second-order valence-electron chi connectivity index (χ2n) is 4.92. The van der Waals surface area contributed by atoms with Gasteiger partial charge in [-0.05, 0) is 37.3 Å². The first-order valence-corrected chi connectivity index (χ1v) is 6.45. The topological polar surface area (TPSA) is 29.5 Å². The molecule has 0 aromatic heterocycles. The van der Waals surface area contributed by atoms with Gasteiger partial charge in [0, 0.05) is 5.56 Å². The largest absolute Gasteiger partial charge is 0.493 e. The van der Waals surface area contributed by atoms with Gasteiger partial charge in [-0.3, -0.25) is 0 Å². The van der Waals surface area contributed by atoms with Crippen LogP contribution < -0.4 is 4.74 Å². The second-order valence-corrected chi connectivity index (χ2v) is 4.92. The van der Waals surface area contributed by atoms with Crippen LogP contribution in [0.1, 0.15) is 37.2 Å². The average molecular weight is 230 g/mol. The van der Waals surface area contributed by atoms with Crippen molar-refractivity contribution in [1.82, 2.24) is 0 Å². The highest BCUT2D eigenvalue weighted by Gasteiger charge is 2.32. The number of para-hydroxylation sites is 1. The zero-order chi connectivity index (χ0) is 11.7. The zero-order valence-electron chi connectivity index (χ0n) is 9.93. The van der Waals surface area contributed by atoms with Crippen LogP contribution in [0, 0.1) is 0 Å². The highest BCUT2D eigenvalue weighted by molar-refractivity contribution is 5.41. The monoisotopic (exact) mass is 230 g/mol. The third-order valence-corrected chi connectivity index (χ3v) is 3.82. The molecule has 1 aromatic rings. The molecule has 0 saturated heterocycles. The molecule has 0 spiro atoms. The number of hydrogen-bond donors (Lipinski definition) is 1. The zero-order valence-corrected chi connectivity index (χ0v) is 9.93. The van der Waals surface area contributed by atoms with Gasteiger partial charge in [0.1, 0.15) is 5.75 Å². The molecule has 2 unspecified atom stereocenters. The molecule has 2 heteroatoms. The van der Waals surface area contributed by atoms with Crippen molar-refractivity contribution in [3.05, 3.63) is 41.5 Å². The minimum Gasteiger partial charge on any atom is -0.493 e. The summed E-state index contributed by atoms with van der Waals surface area (Å²) >= 11 is 0. The van der Waals surface area contributed by atoms with Crippen LogP contribution in [0.2, 0.25) is 0 Å². The molecule has 90 valence electrons. The Hall–Kier alpha value is -1.28.